The summed E-state index contributed by atoms with van der Waals surface area (Å²) >= 11 is 0. The van der Waals surface area contributed by atoms with Gasteiger partial charge in [-0.15, -0.1) is 0 Å². The molecule has 0 saturated heterocycles. The van der Waals surface area contributed by atoms with Crippen LogP contribution in [0.5, 0.6) is 0 Å². The summed E-state index contributed by atoms with van der Waals surface area (Å²) in [7, 11) is -2.08. The first kappa shape index (κ1) is 15.8. The maximum absolute atomic E-state index is 12.6. The van der Waals surface area contributed by atoms with Crippen LogP contribution in [-0.2, 0) is 17.1 Å². The zero-order valence-electron chi connectivity index (χ0n) is 13.5. The molecule has 3 aromatic rings. The van der Waals surface area contributed by atoms with Gasteiger partial charge in [0.05, 0.1) is 12.2 Å². The van der Waals surface area contributed by atoms with E-state index in [2.05, 4.69) is 9.82 Å². The zero-order chi connectivity index (χ0) is 16.8. The molecule has 0 fully saturated rings. The van der Waals surface area contributed by atoms with Crippen LogP contribution >= 0.6 is 0 Å². The highest BCUT2D eigenvalue weighted by Gasteiger charge is 2.26. The second kappa shape index (κ2) is 5.50. The number of hydrogen-bond donors (Lipinski definition) is 1. The highest BCUT2D eigenvalue weighted by Crippen LogP contribution is 2.30. The monoisotopic (exact) mass is 333 g/mol. The molecule has 1 unspecified atom stereocenters. The van der Waals surface area contributed by atoms with Crippen LogP contribution in [0.1, 0.15) is 29.9 Å². The molecule has 23 heavy (non-hydrogen) atoms. The molecule has 0 aliphatic heterocycles. The SMILES string of the molecule is Cc1cnn(C)c1S(=O)(=O)NC(C)c1oc2ccccc2c1C. The average Bonchev–Trinajstić information content (AvgIpc) is 3.00. The van der Waals surface area contributed by atoms with Crippen LogP contribution in [0.15, 0.2) is 39.9 Å². The number of nitrogens with one attached hydrogen (secondary N) is 1. The predicted octanol–water partition coefficient (Wildman–Crippen LogP) is 2.82. The van der Waals surface area contributed by atoms with Gasteiger partial charge in [0.1, 0.15) is 11.3 Å². The number of furan rings is 1. The third kappa shape index (κ3) is 2.66. The summed E-state index contributed by atoms with van der Waals surface area (Å²) in [5, 5.41) is 5.14. The number of nitrogens with zero attached hydrogens (tertiary/aromatic N) is 2. The molecule has 122 valence electrons. The first-order valence-corrected chi connectivity index (χ1v) is 8.78. The molecule has 0 bridgehead atoms. The molecule has 0 aliphatic carbocycles. The van der Waals surface area contributed by atoms with Crippen molar-refractivity contribution < 1.29 is 12.8 Å². The Kier molecular flexibility index (Phi) is 3.77. The van der Waals surface area contributed by atoms with E-state index in [4.69, 9.17) is 4.42 Å². The van der Waals surface area contributed by atoms with Gasteiger partial charge in [-0.3, -0.25) is 4.68 Å². The van der Waals surface area contributed by atoms with Gasteiger partial charge < -0.3 is 4.42 Å². The molecular weight excluding hydrogens is 314 g/mol. The summed E-state index contributed by atoms with van der Waals surface area (Å²) in [5.74, 6) is 0.620. The smallest absolute Gasteiger partial charge is 0.258 e. The molecule has 2 heterocycles. The maximum atomic E-state index is 12.6. The van der Waals surface area contributed by atoms with Gasteiger partial charge in [0.25, 0.3) is 10.0 Å². The van der Waals surface area contributed by atoms with Crippen molar-refractivity contribution in [2.75, 3.05) is 0 Å². The Morgan fingerprint density at radius 1 is 1.26 bits per heavy atom. The van der Waals surface area contributed by atoms with E-state index in [-0.39, 0.29) is 5.03 Å². The lowest BCUT2D eigenvalue weighted by Gasteiger charge is -2.13. The fraction of sp³-hybridized carbons (Fsp3) is 0.312. The molecule has 6 nitrogen and oxygen atoms in total. The van der Waals surface area contributed by atoms with E-state index in [9.17, 15) is 8.42 Å². The molecule has 1 aromatic carbocycles. The van der Waals surface area contributed by atoms with Crippen LogP contribution in [0, 0.1) is 13.8 Å². The van der Waals surface area contributed by atoms with Crippen LogP contribution in [0.4, 0.5) is 0 Å². The van der Waals surface area contributed by atoms with E-state index < -0.39 is 16.1 Å². The van der Waals surface area contributed by atoms with E-state index >= 15 is 0 Å². The Morgan fingerprint density at radius 3 is 2.57 bits per heavy atom. The summed E-state index contributed by atoms with van der Waals surface area (Å²) in [5.41, 5.74) is 2.30. The average molecular weight is 333 g/mol. The van der Waals surface area contributed by atoms with E-state index in [1.807, 2.05) is 31.2 Å². The molecule has 0 amide bonds. The summed E-state index contributed by atoms with van der Waals surface area (Å²) in [6, 6.07) is 7.18. The van der Waals surface area contributed by atoms with Crippen LogP contribution in [-0.4, -0.2) is 18.2 Å². The molecular formula is C16H19N3O3S. The highest BCUT2D eigenvalue weighted by atomic mass is 32.2. The molecule has 1 atom stereocenters. The quantitative estimate of drug-likeness (QED) is 0.796. The maximum Gasteiger partial charge on any atom is 0.258 e. The second-order valence-electron chi connectivity index (χ2n) is 5.69. The van der Waals surface area contributed by atoms with Crippen LogP contribution < -0.4 is 4.72 Å². The van der Waals surface area contributed by atoms with Crippen LogP contribution in [0.2, 0.25) is 0 Å². The third-order valence-corrected chi connectivity index (χ3v) is 5.68. The number of rotatable bonds is 4. The first-order chi connectivity index (χ1) is 10.8. The zero-order valence-corrected chi connectivity index (χ0v) is 14.3. The summed E-state index contributed by atoms with van der Waals surface area (Å²) in [4.78, 5) is 0. The molecule has 1 N–H and O–H groups in total. The first-order valence-electron chi connectivity index (χ1n) is 7.30. The number of sulfonamides is 1. The normalized spacial score (nSPS) is 13.6. The van der Waals surface area contributed by atoms with Crippen molar-refractivity contribution in [2.45, 2.75) is 31.8 Å². The van der Waals surface area contributed by atoms with Crippen molar-refractivity contribution in [1.82, 2.24) is 14.5 Å². The van der Waals surface area contributed by atoms with Crippen molar-refractivity contribution in [2.24, 2.45) is 7.05 Å². The molecule has 7 heteroatoms. The number of benzene rings is 1. The Morgan fingerprint density at radius 2 is 1.96 bits per heavy atom. The van der Waals surface area contributed by atoms with Crippen molar-refractivity contribution in [3.63, 3.8) is 0 Å². The molecule has 3 rings (SSSR count). The molecule has 2 aromatic heterocycles. The van der Waals surface area contributed by atoms with Crippen molar-refractivity contribution in [3.05, 3.63) is 47.3 Å². The molecule has 0 spiro atoms. The van der Waals surface area contributed by atoms with Gasteiger partial charge in [0.2, 0.25) is 0 Å². The number of aryl methyl sites for hydroxylation is 3. The van der Waals surface area contributed by atoms with E-state index in [1.54, 1.807) is 20.9 Å². The summed E-state index contributed by atoms with van der Waals surface area (Å²) < 4.78 is 35.1. The largest absolute Gasteiger partial charge is 0.459 e. The third-order valence-electron chi connectivity index (χ3n) is 3.92. The molecule has 0 saturated carbocycles. The number of hydrogen-bond acceptors (Lipinski definition) is 4. The lowest BCUT2D eigenvalue weighted by molar-refractivity contribution is 0.478. The van der Waals surface area contributed by atoms with Gasteiger partial charge in [0, 0.05) is 23.6 Å². The Hall–Kier alpha value is -2.12. The predicted molar refractivity (Wildman–Crippen MR) is 87.6 cm³/mol. The topological polar surface area (TPSA) is 77.1 Å². The fourth-order valence-corrected chi connectivity index (χ4v) is 4.43. The van der Waals surface area contributed by atoms with Gasteiger partial charge in [-0.2, -0.15) is 9.82 Å². The molecule has 0 aliphatic rings. The Labute approximate surface area is 135 Å². The van der Waals surface area contributed by atoms with Gasteiger partial charge in [0.15, 0.2) is 5.03 Å². The van der Waals surface area contributed by atoms with Crippen molar-refractivity contribution in [1.29, 1.82) is 0 Å². The summed E-state index contributed by atoms with van der Waals surface area (Å²) in [6.45, 7) is 5.42. The lowest BCUT2D eigenvalue weighted by Crippen LogP contribution is -2.29. The van der Waals surface area contributed by atoms with Crippen molar-refractivity contribution in [3.8, 4) is 0 Å². The number of aromatic nitrogens is 2. The Bertz CT molecular complexity index is 950. The lowest BCUT2D eigenvalue weighted by atomic mass is 10.1. The standard InChI is InChI=1S/C16H19N3O3S/c1-10-9-17-19(4)16(10)23(20,21)18-12(3)15-11(2)13-7-5-6-8-14(13)22-15/h5-9,12,18H,1-4H3. The van der Waals surface area contributed by atoms with E-state index in [1.165, 1.54) is 10.9 Å². The van der Waals surface area contributed by atoms with Gasteiger partial charge >= 0.3 is 0 Å². The van der Waals surface area contributed by atoms with Crippen LogP contribution in [0.3, 0.4) is 0 Å². The number of para-hydroxylation sites is 1. The Balaban J connectivity index is 1.97. The van der Waals surface area contributed by atoms with Crippen LogP contribution in [0.25, 0.3) is 11.0 Å². The van der Waals surface area contributed by atoms with E-state index in [0.717, 1.165) is 16.5 Å². The second-order valence-corrected chi connectivity index (χ2v) is 7.32. The summed E-state index contributed by atoms with van der Waals surface area (Å²) in [6.07, 6.45) is 1.53. The van der Waals surface area contributed by atoms with Gasteiger partial charge in [-0.1, -0.05) is 18.2 Å². The highest BCUT2D eigenvalue weighted by molar-refractivity contribution is 7.89. The minimum atomic E-state index is -3.69. The van der Waals surface area contributed by atoms with Gasteiger partial charge in [-0.25, -0.2) is 8.42 Å². The molecule has 0 radical (unpaired) electrons. The van der Waals surface area contributed by atoms with E-state index in [0.29, 0.717) is 11.3 Å². The minimum Gasteiger partial charge on any atom is -0.459 e. The fourth-order valence-electron chi connectivity index (χ4n) is 2.87. The van der Waals surface area contributed by atoms with Gasteiger partial charge in [-0.05, 0) is 26.8 Å². The van der Waals surface area contributed by atoms with Crippen molar-refractivity contribution >= 4 is 21.0 Å². The minimum absolute atomic E-state index is 0.165. The number of fused-ring (bicyclic) bond motifs is 1.